The van der Waals surface area contributed by atoms with Gasteiger partial charge in [0.2, 0.25) is 0 Å². The number of carbonyl (C=O) groups is 1. The van der Waals surface area contributed by atoms with Crippen LogP contribution in [-0.2, 0) is 0 Å². The van der Waals surface area contributed by atoms with Gasteiger partial charge < -0.3 is 4.74 Å². The van der Waals surface area contributed by atoms with E-state index in [1.807, 2.05) is 0 Å². The molecule has 0 aliphatic heterocycles. The fourth-order valence-corrected chi connectivity index (χ4v) is 2.06. The average Bonchev–Trinajstić information content (AvgIpc) is 2.39. The van der Waals surface area contributed by atoms with Crippen molar-refractivity contribution in [1.29, 1.82) is 0 Å². The number of hydrogen-bond donors (Lipinski definition) is 0. The van der Waals surface area contributed by atoms with Crippen molar-refractivity contribution in [3.05, 3.63) is 63.6 Å². The Morgan fingerprint density at radius 3 is 2.38 bits per heavy atom. The molecule has 0 heterocycles. The molecule has 110 valence electrons. The molecule has 0 bridgehead atoms. The summed E-state index contributed by atoms with van der Waals surface area (Å²) in [4.78, 5) is 12.3. The summed E-state index contributed by atoms with van der Waals surface area (Å²) in [6.07, 6.45) is -4.82. The lowest BCUT2D eigenvalue weighted by Crippen LogP contribution is -2.17. The van der Waals surface area contributed by atoms with Crippen LogP contribution in [0.3, 0.4) is 0 Å². The smallest absolute Gasteiger partial charge is 0.406 e. The number of halogens is 5. The van der Waals surface area contributed by atoms with Gasteiger partial charge in [-0.3, -0.25) is 4.79 Å². The van der Waals surface area contributed by atoms with Crippen molar-refractivity contribution in [3.63, 3.8) is 0 Å². The molecule has 0 atom stereocenters. The van der Waals surface area contributed by atoms with Gasteiger partial charge >= 0.3 is 6.36 Å². The Morgan fingerprint density at radius 2 is 1.71 bits per heavy atom. The highest BCUT2D eigenvalue weighted by Crippen LogP contribution is 2.29. The second-order valence-corrected chi connectivity index (χ2v) is 4.79. The molecule has 2 nitrogen and oxygen atoms in total. The minimum absolute atomic E-state index is 0.0147. The first-order chi connectivity index (χ1) is 9.78. The van der Waals surface area contributed by atoms with E-state index in [1.165, 1.54) is 30.3 Å². The van der Waals surface area contributed by atoms with Gasteiger partial charge in [-0.1, -0.05) is 41.4 Å². The molecular weight excluding hydrogens is 328 g/mol. The topological polar surface area (TPSA) is 26.3 Å². The van der Waals surface area contributed by atoms with E-state index >= 15 is 0 Å². The monoisotopic (exact) mass is 334 g/mol. The molecule has 0 aliphatic rings. The Balaban J connectivity index is 2.36. The van der Waals surface area contributed by atoms with Crippen molar-refractivity contribution < 1.29 is 22.7 Å². The van der Waals surface area contributed by atoms with Gasteiger partial charge in [0.05, 0.1) is 10.0 Å². The lowest BCUT2D eigenvalue weighted by Gasteiger charge is -2.10. The molecule has 0 radical (unpaired) electrons. The third-order valence-corrected chi connectivity index (χ3v) is 3.34. The molecule has 0 aliphatic carbocycles. The Hall–Kier alpha value is -1.72. The summed E-state index contributed by atoms with van der Waals surface area (Å²) in [6, 6.07) is 9.21. The number of ether oxygens (including phenoxy) is 1. The van der Waals surface area contributed by atoms with Crippen molar-refractivity contribution in [2.24, 2.45) is 0 Å². The van der Waals surface area contributed by atoms with E-state index in [0.717, 1.165) is 12.1 Å². The first-order valence-electron chi connectivity index (χ1n) is 5.62. The molecule has 0 amide bonds. The van der Waals surface area contributed by atoms with E-state index in [1.54, 1.807) is 0 Å². The van der Waals surface area contributed by atoms with Crippen molar-refractivity contribution in [2.45, 2.75) is 6.36 Å². The fourth-order valence-electron chi connectivity index (χ4n) is 1.67. The summed E-state index contributed by atoms with van der Waals surface area (Å²) in [7, 11) is 0. The van der Waals surface area contributed by atoms with E-state index in [0.29, 0.717) is 0 Å². The van der Waals surface area contributed by atoms with Gasteiger partial charge in [-0.05, 0) is 24.3 Å². The molecule has 0 spiro atoms. The van der Waals surface area contributed by atoms with Gasteiger partial charge in [-0.25, -0.2) is 0 Å². The lowest BCUT2D eigenvalue weighted by molar-refractivity contribution is -0.274. The maximum atomic E-state index is 12.3. The summed E-state index contributed by atoms with van der Waals surface area (Å²) >= 11 is 11.7. The van der Waals surface area contributed by atoms with Gasteiger partial charge in [0.25, 0.3) is 0 Å². The lowest BCUT2D eigenvalue weighted by atomic mass is 10.0. The minimum atomic E-state index is -4.82. The Morgan fingerprint density at radius 1 is 1.05 bits per heavy atom. The van der Waals surface area contributed by atoms with Gasteiger partial charge in [0, 0.05) is 11.1 Å². The zero-order valence-corrected chi connectivity index (χ0v) is 11.8. The predicted molar refractivity (Wildman–Crippen MR) is 73.0 cm³/mol. The van der Waals surface area contributed by atoms with Crippen LogP contribution in [0.2, 0.25) is 10.0 Å². The van der Waals surface area contributed by atoms with Crippen LogP contribution in [-0.4, -0.2) is 12.1 Å². The quantitative estimate of drug-likeness (QED) is 0.728. The van der Waals surface area contributed by atoms with Gasteiger partial charge in [0.15, 0.2) is 5.78 Å². The van der Waals surface area contributed by atoms with E-state index in [-0.39, 0.29) is 21.2 Å². The van der Waals surface area contributed by atoms with E-state index < -0.39 is 17.9 Å². The average molecular weight is 335 g/mol. The van der Waals surface area contributed by atoms with Crippen LogP contribution in [0, 0.1) is 0 Å². The standard InChI is InChI=1S/C14H7Cl2F3O2/c15-11-6-2-5-10(12(11)16)13(20)8-3-1-4-9(7-8)21-14(17,18)19/h1-7H. The van der Waals surface area contributed by atoms with Crippen LogP contribution in [0.5, 0.6) is 5.75 Å². The molecule has 0 fully saturated rings. The maximum Gasteiger partial charge on any atom is 0.573 e. The fraction of sp³-hybridized carbons (Fsp3) is 0.0714. The van der Waals surface area contributed by atoms with Crippen molar-refractivity contribution in [2.75, 3.05) is 0 Å². The molecule has 0 unspecified atom stereocenters. The summed E-state index contributed by atoms with van der Waals surface area (Å²) in [6.45, 7) is 0. The summed E-state index contributed by atoms with van der Waals surface area (Å²) in [5.74, 6) is -1.03. The SMILES string of the molecule is O=C(c1cccc(OC(F)(F)F)c1)c1cccc(Cl)c1Cl. The molecule has 2 aromatic carbocycles. The van der Waals surface area contributed by atoms with Crippen LogP contribution >= 0.6 is 23.2 Å². The molecule has 0 aromatic heterocycles. The third-order valence-electron chi connectivity index (χ3n) is 2.53. The van der Waals surface area contributed by atoms with Crippen LogP contribution in [0.4, 0.5) is 13.2 Å². The highest BCUT2D eigenvalue weighted by Gasteiger charge is 2.31. The molecule has 21 heavy (non-hydrogen) atoms. The molecule has 7 heteroatoms. The number of ketones is 1. The largest absolute Gasteiger partial charge is 0.573 e. The molecule has 2 aromatic rings. The first kappa shape index (κ1) is 15.7. The van der Waals surface area contributed by atoms with E-state index in [9.17, 15) is 18.0 Å². The van der Waals surface area contributed by atoms with E-state index in [2.05, 4.69) is 4.74 Å². The normalized spacial score (nSPS) is 11.3. The highest BCUT2D eigenvalue weighted by atomic mass is 35.5. The Bertz CT molecular complexity index is 684. The first-order valence-corrected chi connectivity index (χ1v) is 6.38. The van der Waals surface area contributed by atoms with Gasteiger partial charge in [-0.2, -0.15) is 0 Å². The van der Waals surface area contributed by atoms with Crippen LogP contribution in [0.25, 0.3) is 0 Å². The molecule has 0 saturated heterocycles. The third kappa shape index (κ3) is 3.89. The molecule has 0 N–H and O–H groups in total. The van der Waals surface area contributed by atoms with Crippen LogP contribution in [0.1, 0.15) is 15.9 Å². The maximum absolute atomic E-state index is 12.3. The van der Waals surface area contributed by atoms with Crippen molar-refractivity contribution in [3.8, 4) is 5.75 Å². The molecule has 0 saturated carbocycles. The van der Waals surface area contributed by atoms with Gasteiger partial charge in [-0.15, -0.1) is 13.2 Å². The van der Waals surface area contributed by atoms with Crippen LogP contribution in [0.15, 0.2) is 42.5 Å². The molecular formula is C14H7Cl2F3O2. The summed E-state index contributed by atoms with van der Waals surface area (Å²) in [5.41, 5.74) is 0.120. The predicted octanol–water partition coefficient (Wildman–Crippen LogP) is 5.12. The number of carbonyl (C=O) groups excluding carboxylic acids is 1. The second-order valence-electron chi connectivity index (χ2n) is 4.01. The number of hydrogen-bond acceptors (Lipinski definition) is 2. The zero-order valence-electron chi connectivity index (χ0n) is 10.2. The summed E-state index contributed by atoms with van der Waals surface area (Å²) < 4.78 is 40.3. The van der Waals surface area contributed by atoms with Crippen molar-refractivity contribution in [1.82, 2.24) is 0 Å². The van der Waals surface area contributed by atoms with E-state index in [4.69, 9.17) is 23.2 Å². The second kappa shape index (κ2) is 5.95. The van der Waals surface area contributed by atoms with Crippen molar-refractivity contribution >= 4 is 29.0 Å². The summed E-state index contributed by atoms with van der Waals surface area (Å²) in [5, 5.41) is 0.233. The molecule has 2 rings (SSSR count). The Kier molecular flexibility index (Phi) is 4.44. The minimum Gasteiger partial charge on any atom is -0.406 e. The van der Waals surface area contributed by atoms with Gasteiger partial charge in [0.1, 0.15) is 5.75 Å². The zero-order chi connectivity index (χ0) is 15.6. The highest BCUT2D eigenvalue weighted by molar-refractivity contribution is 6.44. The number of benzene rings is 2. The van der Waals surface area contributed by atoms with Crippen LogP contribution < -0.4 is 4.74 Å². The Labute approximate surface area is 128 Å². The number of rotatable bonds is 3. The number of alkyl halides is 3.